The molecule has 3 nitrogen and oxygen atoms in total. The Hall–Kier alpha value is -0.980. The monoisotopic (exact) mass is 392 g/mol. The molecule has 0 unspecified atom stereocenters. The second kappa shape index (κ2) is 9.29. The Labute approximate surface area is 159 Å². The smallest absolute Gasteiger partial charge is 0.416 e. The van der Waals surface area contributed by atoms with E-state index in [-0.39, 0.29) is 24.2 Å². The summed E-state index contributed by atoms with van der Waals surface area (Å²) in [5.74, 6) is 0.556. The van der Waals surface area contributed by atoms with Crippen molar-refractivity contribution < 1.29 is 17.9 Å². The molecule has 1 heterocycles. The van der Waals surface area contributed by atoms with Crippen LogP contribution in [0.1, 0.15) is 49.3 Å². The molecule has 1 aliphatic carbocycles. The van der Waals surface area contributed by atoms with Gasteiger partial charge < -0.3 is 10.1 Å². The Morgan fingerprint density at radius 1 is 1.12 bits per heavy atom. The lowest BCUT2D eigenvalue weighted by Crippen LogP contribution is -2.47. The maximum atomic E-state index is 13.8. The highest BCUT2D eigenvalue weighted by atomic mass is 35.5. The molecule has 1 saturated carbocycles. The minimum absolute atomic E-state index is 0. The molecule has 148 valence electrons. The van der Waals surface area contributed by atoms with Gasteiger partial charge in [0.2, 0.25) is 0 Å². The zero-order valence-electron chi connectivity index (χ0n) is 15.1. The summed E-state index contributed by atoms with van der Waals surface area (Å²) in [5.41, 5.74) is -0.122. The highest BCUT2D eigenvalue weighted by Gasteiger charge is 2.40. The van der Waals surface area contributed by atoms with E-state index >= 15 is 0 Å². The van der Waals surface area contributed by atoms with E-state index in [2.05, 4.69) is 10.2 Å². The first-order chi connectivity index (χ1) is 12.0. The first-order valence-corrected chi connectivity index (χ1v) is 9.20. The summed E-state index contributed by atoms with van der Waals surface area (Å²) in [6, 6.07) is 4.31. The maximum Gasteiger partial charge on any atom is 0.416 e. The van der Waals surface area contributed by atoms with Crippen LogP contribution in [0.5, 0.6) is 5.75 Å². The van der Waals surface area contributed by atoms with E-state index in [0.29, 0.717) is 11.5 Å². The molecule has 3 rings (SSSR count). The van der Waals surface area contributed by atoms with Gasteiger partial charge in [-0.15, -0.1) is 12.4 Å². The van der Waals surface area contributed by atoms with Crippen LogP contribution < -0.4 is 10.1 Å². The predicted octanol–water partition coefficient (Wildman–Crippen LogP) is 4.66. The summed E-state index contributed by atoms with van der Waals surface area (Å²) in [4.78, 5) is 2.25. The van der Waals surface area contributed by atoms with Crippen molar-refractivity contribution in [1.29, 1.82) is 0 Å². The molecule has 0 radical (unpaired) electrons. The van der Waals surface area contributed by atoms with Gasteiger partial charge in [0.15, 0.2) is 0 Å². The average Bonchev–Trinajstić information content (AvgIpc) is 2.63. The zero-order valence-corrected chi connectivity index (χ0v) is 16.0. The van der Waals surface area contributed by atoms with E-state index < -0.39 is 11.7 Å². The highest BCUT2D eigenvalue weighted by Crippen LogP contribution is 2.44. The van der Waals surface area contributed by atoms with Crippen LogP contribution in [0.3, 0.4) is 0 Å². The summed E-state index contributed by atoms with van der Waals surface area (Å²) in [5, 5.41) is 3.30. The first kappa shape index (κ1) is 21.3. The molecule has 1 N–H and O–H groups in total. The Bertz CT molecular complexity index is 552. The van der Waals surface area contributed by atoms with Crippen LogP contribution in [0.4, 0.5) is 13.2 Å². The largest absolute Gasteiger partial charge is 0.497 e. The Balaban J connectivity index is 0.00000243. The molecule has 1 saturated heterocycles. The topological polar surface area (TPSA) is 24.5 Å². The highest BCUT2D eigenvalue weighted by molar-refractivity contribution is 5.85. The number of halogens is 4. The fourth-order valence-corrected chi connectivity index (χ4v) is 4.32. The van der Waals surface area contributed by atoms with Crippen LogP contribution in [0, 0.1) is 5.92 Å². The van der Waals surface area contributed by atoms with Crippen LogP contribution in [-0.4, -0.2) is 38.2 Å². The van der Waals surface area contributed by atoms with E-state index in [1.165, 1.54) is 13.5 Å². The average molecular weight is 393 g/mol. The van der Waals surface area contributed by atoms with Crippen LogP contribution >= 0.6 is 12.4 Å². The molecular formula is C19H28ClF3N2O. The maximum absolute atomic E-state index is 13.8. The van der Waals surface area contributed by atoms with Gasteiger partial charge in [-0.25, -0.2) is 0 Å². The van der Waals surface area contributed by atoms with Gasteiger partial charge in [0, 0.05) is 32.2 Å². The van der Waals surface area contributed by atoms with Crippen molar-refractivity contribution in [2.75, 3.05) is 33.3 Å². The summed E-state index contributed by atoms with van der Waals surface area (Å²) < 4.78 is 46.4. The Kier molecular flexibility index (Phi) is 7.62. The van der Waals surface area contributed by atoms with Crippen molar-refractivity contribution in [2.45, 2.75) is 44.3 Å². The van der Waals surface area contributed by atoms with Gasteiger partial charge in [-0.2, -0.15) is 13.2 Å². The fraction of sp³-hybridized carbons (Fsp3) is 0.684. The van der Waals surface area contributed by atoms with Crippen LogP contribution in [0.25, 0.3) is 0 Å². The van der Waals surface area contributed by atoms with Gasteiger partial charge in [-0.05, 0) is 36.5 Å². The molecule has 1 aromatic carbocycles. The predicted molar refractivity (Wildman–Crippen MR) is 99.0 cm³/mol. The van der Waals surface area contributed by atoms with Crippen LogP contribution in [0.2, 0.25) is 0 Å². The standard InChI is InChI=1S/C19H27F3N2O.ClH/c1-25-15-7-8-16(17(13-15)19(20,21)22)18(14-5-3-2-4-6-14)24-11-9-23-10-12-24;/h7-8,13-14,18,23H,2-6,9-12H2,1H3;1H/t18-;/m0./s1. The van der Waals surface area contributed by atoms with Crippen molar-refractivity contribution in [2.24, 2.45) is 5.92 Å². The first-order valence-electron chi connectivity index (χ1n) is 9.20. The molecule has 2 fully saturated rings. The van der Waals surface area contributed by atoms with Crippen LogP contribution in [0.15, 0.2) is 18.2 Å². The summed E-state index contributed by atoms with van der Waals surface area (Å²) in [6.45, 7) is 3.26. The molecule has 0 amide bonds. The van der Waals surface area contributed by atoms with Gasteiger partial charge >= 0.3 is 6.18 Å². The van der Waals surface area contributed by atoms with Crippen molar-refractivity contribution in [3.05, 3.63) is 29.3 Å². The molecule has 1 aromatic rings. The van der Waals surface area contributed by atoms with Crippen molar-refractivity contribution in [1.82, 2.24) is 10.2 Å². The lowest BCUT2D eigenvalue weighted by molar-refractivity contribution is -0.139. The van der Waals surface area contributed by atoms with E-state index in [4.69, 9.17) is 4.74 Å². The van der Waals surface area contributed by atoms with E-state index in [9.17, 15) is 13.2 Å². The summed E-state index contributed by atoms with van der Waals surface area (Å²) in [6.07, 6.45) is 1.08. The van der Waals surface area contributed by atoms with Crippen molar-refractivity contribution in [3.63, 3.8) is 0 Å². The number of hydrogen-bond donors (Lipinski definition) is 1. The van der Waals surface area contributed by atoms with Gasteiger partial charge in [-0.3, -0.25) is 4.90 Å². The normalized spacial score (nSPS) is 21.1. The van der Waals surface area contributed by atoms with Gasteiger partial charge in [0.25, 0.3) is 0 Å². The fourth-order valence-electron chi connectivity index (χ4n) is 4.32. The molecule has 7 heteroatoms. The number of benzene rings is 1. The minimum Gasteiger partial charge on any atom is -0.497 e. The number of alkyl halides is 3. The molecule has 0 aromatic heterocycles. The third-order valence-corrected chi connectivity index (χ3v) is 5.53. The number of nitrogens with one attached hydrogen (secondary N) is 1. The third-order valence-electron chi connectivity index (χ3n) is 5.53. The van der Waals surface area contributed by atoms with Crippen molar-refractivity contribution >= 4 is 12.4 Å². The molecule has 26 heavy (non-hydrogen) atoms. The van der Waals surface area contributed by atoms with Gasteiger partial charge in [-0.1, -0.05) is 25.3 Å². The van der Waals surface area contributed by atoms with Gasteiger partial charge in [0.05, 0.1) is 12.7 Å². The molecule has 1 aliphatic heterocycles. The molecule has 1 atom stereocenters. The number of piperazine rings is 1. The lowest BCUT2D eigenvalue weighted by Gasteiger charge is -2.42. The van der Waals surface area contributed by atoms with Crippen LogP contribution in [-0.2, 0) is 6.18 Å². The minimum atomic E-state index is -4.37. The number of hydrogen-bond acceptors (Lipinski definition) is 3. The zero-order chi connectivity index (χ0) is 17.9. The second-order valence-corrected chi connectivity index (χ2v) is 7.08. The van der Waals surface area contributed by atoms with Gasteiger partial charge in [0.1, 0.15) is 5.75 Å². The third kappa shape index (κ3) is 4.84. The number of ether oxygens (including phenoxy) is 1. The van der Waals surface area contributed by atoms with E-state index in [1.54, 1.807) is 12.1 Å². The van der Waals surface area contributed by atoms with Crippen molar-refractivity contribution in [3.8, 4) is 5.75 Å². The quantitative estimate of drug-likeness (QED) is 0.806. The molecular weight excluding hydrogens is 365 g/mol. The number of methoxy groups -OCH3 is 1. The summed E-state index contributed by atoms with van der Waals surface area (Å²) in [7, 11) is 1.41. The Morgan fingerprint density at radius 3 is 2.35 bits per heavy atom. The van der Waals surface area contributed by atoms with E-state index in [0.717, 1.165) is 57.9 Å². The number of nitrogens with zero attached hydrogens (tertiary/aromatic N) is 1. The molecule has 2 aliphatic rings. The second-order valence-electron chi connectivity index (χ2n) is 7.08. The SMILES string of the molecule is COc1ccc([C@H](C2CCCCC2)N2CCNCC2)c(C(F)(F)F)c1.Cl. The van der Waals surface area contributed by atoms with E-state index in [1.807, 2.05) is 0 Å². The lowest BCUT2D eigenvalue weighted by atomic mass is 9.79. The Morgan fingerprint density at radius 2 is 1.77 bits per heavy atom. The molecule has 0 spiro atoms. The molecule has 0 bridgehead atoms. The number of rotatable bonds is 4. The summed E-state index contributed by atoms with van der Waals surface area (Å²) >= 11 is 0.